The first-order chi connectivity index (χ1) is 16.5. The van der Waals surface area contributed by atoms with Gasteiger partial charge in [0.25, 0.3) is 5.91 Å². The summed E-state index contributed by atoms with van der Waals surface area (Å²) >= 11 is 0. The number of fused-ring (bicyclic) bond motifs is 1. The quantitative estimate of drug-likeness (QED) is 0.585. The number of carbonyl (C=O) groups is 2. The van der Waals surface area contributed by atoms with E-state index in [1.54, 1.807) is 4.90 Å². The minimum Gasteiger partial charge on any atom is -0.340 e. The van der Waals surface area contributed by atoms with Crippen LogP contribution in [0.1, 0.15) is 22.8 Å². The van der Waals surface area contributed by atoms with Gasteiger partial charge < -0.3 is 10.2 Å². The summed E-state index contributed by atoms with van der Waals surface area (Å²) < 4.78 is 66.4. The van der Waals surface area contributed by atoms with Gasteiger partial charge in [-0.15, -0.1) is 0 Å². The van der Waals surface area contributed by atoms with Gasteiger partial charge in [0.1, 0.15) is 0 Å². The molecule has 1 saturated heterocycles. The normalized spacial score (nSPS) is 15.3. The molecule has 1 aliphatic rings. The predicted molar refractivity (Wildman–Crippen MR) is 122 cm³/mol. The van der Waals surface area contributed by atoms with Crippen LogP contribution in [0.2, 0.25) is 0 Å². The fourth-order valence-corrected chi connectivity index (χ4v) is 5.29. The highest BCUT2D eigenvalue weighted by atomic mass is 32.2. The summed E-state index contributed by atoms with van der Waals surface area (Å²) in [5, 5.41) is 2.93. The number of nitrogens with one attached hydrogen (secondary N) is 1. The molecule has 1 N–H and O–H groups in total. The molecule has 12 heteroatoms. The van der Waals surface area contributed by atoms with Crippen LogP contribution in [0, 0.1) is 0 Å². The summed E-state index contributed by atoms with van der Waals surface area (Å²) in [5.41, 5.74) is -0.505. The zero-order valence-electron chi connectivity index (χ0n) is 18.5. The third-order valence-corrected chi connectivity index (χ3v) is 7.63. The van der Waals surface area contributed by atoms with E-state index >= 15 is 0 Å². The molecule has 0 saturated carbocycles. The molecule has 8 nitrogen and oxygen atoms in total. The number of sulfonamides is 1. The second kappa shape index (κ2) is 9.27. The number of pyridine rings is 1. The monoisotopic (exact) mass is 506 g/mol. The van der Waals surface area contributed by atoms with Crippen molar-refractivity contribution < 1.29 is 31.2 Å². The highest BCUT2D eigenvalue weighted by Crippen LogP contribution is 2.32. The average molecular weight is 507 g/mol. The van der Waals surface area contributed by atoms with E-state index in [0.717, 1.165) is 12.1 Å². The van der Waals surface area contributed by atoms with E-state index in [0.29, 0.717) is 5.39 Å². The van der Waals surface area contributed by atoms with Gasteiger partial charge in [-0.1, -0.05) is 12.1 Å². The van der Waals surface area contributed by atoms with E-state index in [4.69, 9.17) is 0 Å². The Morgan fingerprint density at radius 2 is 1.71 bits per heavy atom. The fourth-order valence-electron chi connectivity index (χ4n) is 3.82. The van der Waals surface area contributed by atoms with Crippen molar-refractivity contribution in [2.24, 2.45) is 0 Å². The molecular formula is C23H21F3N4O4S. The van der Waals surface area contributed by atoms with Crippen LogP contribution < -0.4 is 5.32 Å². The number of anilines is 1. The van der Waals surface area contributed by atoms with Crippen LogP contribution in [0.25, 0.3) is 10.9 Å². The van der Waals surface area contributed by atoms with Crippen LogP contribution in [-0.2, 0) is 21.0 Å². The molecule has 1 fully saturated rings. The Labute approximate surface area is 199 Å². The number of hydrogen-bond acceptors (Lipinski definition) is 5. The van der Waals surface area contributed by atoms with Gasteiger partial charge in [-0.3, -0.25) is 14.6 Å². The van der Waals surface area contributed by atoms with Gasteiger partial charge in [0.2, 0.25) is 15.9 Å². The number of aromatic nitrogens is 1. The summed E-state index contributed by atoms with van der Waals surface area (Å²) in [6, 6.07) is 9.96. The van der Waals surface area contributed by atoms with E-state index in [-0.39, 0.29) is 53.7 Å². The number of piperazine rings is 1. The molecule has 4 rings (SSSR count). The summed E-state index contributed by atoms with van der Waals surface area (Å²) in [7, 11) is -3.89. The lowest BCUT2D eigenvalue weighted by Gasteiger charge is -2.33. The molecule has 0 aliphatic carbocycles. The summed E-state index contributed by atoms with van der Waals surface area (Å²) in [6.07, 6.45) is -3.25. The van der Waals surface area contributed by atoms with Crippen LogP contribution in [0.5, 0.6) is 0 Å². The van der Waals surface area contributed by atoms with E-state index in [2.05, 4.69) is 10.3 Å². The van der Waals surface area contributed by atoms with Crippen LogP contribution >= 0.6 is 0 Å². The van der Waals surface area contributed by atoms with Gasteiger partial charge in [-0.25, -0.2) is 8.42 Å². The Kier molecular flexibility index (Phi) is 6.52. The topological polar surface area (TPSA) is 99.7 Å². The maximum Gasteiger partial charge on any atom is 0.416 e. The second-order valence-corrected chi connectivity index (χ2v) is 9.92. The number of hydrogen-bond donors (Lipinski definition) is 1. The molecule has 2 amide bonds. The predicted octanol–water partition coefficient (Wildman–Crippen LogP) is 3.36. The maximum absolute atomic E-state index is 13.1. The van der Waals surface area contributed by atoms with Gasteiger partial charge in [0.15, 0.2) is 0 Å². The van der Waals surface area contributed by atoms with Gasteiger partial charge in [0.05, 0.1) is 21.7 Å². The zero-order valence-corrected chi connectivity index (χ0v) is 19.4. The molecule has 0 bridgehead atoms. The highest BCUT2D eigenvalue weighted by Gasteiger charge is 2.31. The number of benzene rings is 2. The summed E-state index contributed by atoms with van der Waals surface area (Å²) in [6.45, 7) is 2.26. The third kappa shape index (κ3) is 5.13. The minimum absolute atomic E-state index is 0.0543. The Hall–Kier alpha value is -3.51. The largest absolute Gasteiger partial charge is 0.416 e. The molecule has 3 aromatic rings. The lowest BCUT2D eigenvalue weighted by atomic mass is 10.1. The van der Waals surface area contributed by atoms with Crippen molar-refractivity contribution in [1.29, 1.82) is 0 Å². The SMILES string of the molecule is CC(=O)N1CCN(S(=O)(=O)c2cccc(C(=O)Nc3ccnc4cc(C(F)(F)F)ccc34)c2)CC1. The van der Waals surface area contributed by atoms with Crippen molar-refractivity contribution >= 4 is 38.4 Å². The molecule has 0 radical (unpaired) electrons. The Balaban J connectivity index is 1.56. The standard InChI is InChI=1S/C23H21F3N4O4S/c1-15(31)29-9-11-30(12-10-29)35(33,34)18-4-2-3-16(13-18)22(32)28-20-7-8-27-21-14-17(23(24,25)26)5-6-19(20)21/h2-8,13-14H,9-12H2,1H3,(H,27,28,32). The first-order valence-corrected chi connectivity index (χ1v) is 12.0. The van der Waals surface area contributed by atoms with Crippen LogP contribution in [-0.4, -0.2) is 60.6 Å². The third-order valence-electron chi connectivity index (χ3n) is 5.74. The zero-order chi connectivity index (χ0) is 25.4. The smallest absolute Gasteiger partial charge is 0.340 e. The van der Waals surface area contributed by atoms with Crippen molar-refractivity contribution in [2.75, 3.05) is 31.5 Å². The molecule has 2 aromatic carbocycles. The van der Waals surface area contributed by atoms with E-state index in [1.807, 2.05) is 0 Å². The second-order valence-electron chi connectivity index (χ2n) is 7.98. The number of alkyl halides is 3. The summed E-state index contributed by atoms with van der Waals surface area (Å²) in [5.74, 6) is -0.755. The maximum atomic E-state index is 13.1. The van der Waals surface area contributed by atoms with E-state index in [1.165, 1.54) is 53.8 Å². The van der Waals surface area contributed by atoms with E-state index in [9.17, 15) is 31.2 Å². The van der Waals surface area contributed by atoms with Crippen molar-refractivity contribution in [3.63, 3.8) is 0 Å². The number of nitrogens with zero attached hydrogens (tertiary/aromatic N) is 3. The molecular weight excluding hydrogens is 485 g/mol. The van der Waals surface area contributed by atoms with Gasteiger partial charge >= 0.3 is 6.18 Å². The number of amides is 2. The van der Waals surface area contributed by atoms with Crippen LogP contribution in [0.3, 0.4) is 0 Å². The molecule has 35 heavy (non-hydrogen) atoms. The Morgan fingerprint density at radius 1 is 1.00 bits per heavy atom. The molecule has 1 aliphatic heterocycles. The van der Waals surface area contributed by atoms with Crippen molar-refractivity contribution in [3.8, 4) is 0 Å². The first-order valence-electron chi connectivity index (χ1n) is 10.6. The van der Waals surface area contributed by atoms with Gasteiger partial charge in [-0.2, -0.15) is 17.5 Å². The molecule has 184 valence electrons. The Morgan fingerprint density at radius 3 is 2.37 bits per heavy atom. The van der Waals surface area contributed by atoms with Crippen molar-refractivity contribution in [2.45, 2.75) is 18.0 Å². The Bertz CT molecular complexity index is 1400. The van der Waals surface area contributed by atoms with E-state index < -0.39 is 27.7 Å². The average Bonchev–Trinajstić information content (AvgIpc) is 2.83. The van der Waals surface area contributed by atoms with Crippen LogP contribution in [0.4, 0.5) is 18.9 Å². The summed E-state index contributed by atoms with van der Waals surface area (Å²) in [4.78, 5) is 29.8. The van der Waals surface area contributed by atoms with Crippen LogP contribution in [0.15, 0.2) is 59.6 Å². The molecule has 0 unspecified atom stereocenters. The first kappa shape index (κ1) is 24.6. The number of halogens is 3. The van der Waals surface area contributed by atoms with Crippen molar-refractivity contribution in [3.05, 3.63) is 65.9 Å². The lowest BCUT2D eigenvalue weighted by molar-refractivity contribution is -0.137. The van der Waals surface area contributed by atoms with Gasteiger partial charge in [0, 0.05) is 50.2 Å². The molecule has 0 spiro atoms. The molecule has 1 aromatic heterocycles. The molecule has 2 heterocycles. The number of rotatable bonds is 4. The lowest BCUT2D eigenvalue weighted by Crippen LogP contribution is -2.49. The van der Waals surface area contributed by atoms with Gasteiger partial charge in [-0.05, 0) is 36.4 Å². The molecule has 0 atom stereocenters. The minimum atomic E-state index is -4.53. The highest BCUT2D eigenvalue weighted by molar-refractivity contribution is 7.89. The number of carbonyl (C=O) groups excluding carboxylic acids is 2. The van der Waals surface area contributed by atoms with Crippen molar-refractivity contribution in [1.82, 2.24) is 14.2 Å². The fraction of sp³-hybridized carbons (Fsp3) is 0.261.